The molecule has 0 unspecified atom stereocenters. The van der Waals surface area contributed by atoms with Gasteiger partial charge in [0.05, 0.1) is 9.52 Å². The van der Waals surface area contributed by atoms with Crippen molar-refractivity contribution < 1.29 is 0 Å². The third-order valence-corrected chi connectivity index (χ3v) is 4.37. The summed E-state index contributed by atoms with van der Waals surface area (Å²) in [4.78, 5) is 0. The second-order valence-corrected chi connectivity index (χ2v) is 8.71. The minimum Gasteiger partial charge on any atom is -0.124 e. The van der Waals surface area contributed by atoms with E-state index in [0.29, 0.717) is 4.66 Å². The minimum absolute atomic E-state index is 0.155. The molecule has 0 aliphatic carbocycles. The first-order valence-corrected chi connectivity index (χ1v) is 5.64. The molecule has 0 atom stereocenters. The van der Waals surface area contributed by atoms with E-state index in [2.05, 4.69) is 0 Å². The van der Waals surface area contributed by atoms with Gasteiger partial charge in [0.25, 0.3) is 0 Å². The molecule has 0 bridgehead atoms. The maximum atomic E-state index is 5.90. The summed E-state index contributed by atoms with van der Waals surface area (Å²) in [7, 11) is -0.727. The van der Waals surface area contributed by atoms with E-state index >= 15 is 0 Å². The molecule has 0 rings (SSSR count). The first kappa shape index (κ1) is 11.1. The lowest BCUT2D eigenvalue weighted by Crippen LogP contribution is -2.20. The van der Waals surface area contributed by atoms with Gasteiger partial charge in [0, 0.05) is 9.15 Å². The fourth-order valence-electron chi connectivity index (χ4n) is 0.436. The normalized spacial score (nSPS) is 12.6. The Morgan fingerprint density at radius 1 is 1.20 bits per heavy atom. The zero-order valence-corrected chi connectivity index (χ0v) is 10.2. The van der Waals surface area contributed by atoms with Gasteiger partial charge in [-0.3, -0.25) is 0 Å². The van der Waals surface area contributed by atoms with Crippen LogP contribution < -0.4 is 0 Å². The van der Waals surface area contributed by atoms with Crippen LogP contribution in [0.25, 0.3) is 0 Å². The largest absolute Gasteiger partial charge is 0.124 e. The highest BCUT2D eigenvalue weighted by atomic mass is 35.5. The summed E-state index contributed by atoms with van der Waals surface area (Å²) < 4.78 is 0.456. The topological polar surface area (TPSA) is 0 Å². The van der Waals surface area contributed by atoms with E-state index in [1.807, 2.05) is 13.8 Å². The van der Waals surface area contributed by atoms with Crippen LogP contribution in [0.15, 0.2) is 9.15 Å². The van der Waals surface area contributed by atoms with Gasteiger partial charge in [0.2, 0.25) is 0 Å². The zero-order chi connectivity index (χ0) is 8.36. The van der Waals surface area contributed by atoms with Crippen molar-refractivity contribution in [3.8, 4) is 0 Å². The number of halogens is 4. The molecule has 0 saturated carbocycles. The maximum Gasteiger partial charge on any atom is 0.116 e. The highest BCUT2D eigenvalue weighted by Gasteiger charge is 2.17. The lowest BCUT2D eigenvalue weighted by molar-refractivity contribution is 0.981. The molecule has 0 spiro atoms. The van der Waals surface area contributed by atoms with Crippen LogP contribution in [0.4, 0.5) is 0 Å². The van der Waals surface area contributed by atoms with Gasteiger partial charge >= 0.3 is 0 Å². The van der Waals surface area contributed by atoms with Crippen LogP contribution in [0.3, 0.4) is 0 Å². The predicted octanol–water partition coefficient (Wildman–Crippen LogP) is 2.97. The summed E-state index contributed by atoms with van der Waals surface area (Å²) in [6, 6.07) is 0. The second kappa shape index (κ2) is 4.22. The Morgan fingerprint density at radius 2 is 1.60 bits per heavy atom. The van der Waals surface area contributed by atoms with E-state index in [4.69, 9.17) is 46.4 Å². The molecule has 0 aliphatic heterocycles. The number of hydrogen-bond donors (Lipinski definition) is 0. The Kier molecular flexibility index (Phi) is 4.69. The molecule has 0 radical (unpaired) electrons. The van der Waals surface area contributed by atoms with Gasteiger partial charge in [-0.1, -0.05) is 34.8 Å². The standard InChI is InChI=1S/C5H8Cl4Si/c1-5(2,9)10-4(8)3(6)7/h10H2,1-2H3. The summed E-state index contributed by atoms with van der Waals surface area (Å²) in [5, 5.41) is 0. The molecule has 0 aliphatic rings. The van der Waals surface area contributed by atoms with Crippen molar-refractivity contribution in [3.63, 3.8) is 0 Å². The minimum atomic E-state index is -0.727. The van der Waals surface area contributed by atoms with Crippen molar-refractivity contribution in [3.05, 3.63) is 9.15 Å². The predicted molar refractivity (Wildman–Crippen MR) is 53.1 cm³/mol. The highest BCUT2D eigenvalue weighted by Crippen LogP contribution is 2.22. The van der Waals surface area contributed by atoms with Crippen LogP contribution in [-0.2, 0) is 0 Å². The lowest BCUT2D eigenvalue weighted by Gasteiger charge is -2.13. The number of hydrogen-bond acceptors (Lipinski definition) is 0. The summed E-state index contributed by atoms with van der Waals surface area (Å²) in [5.74, 6) is 0. The van der Waals surface area contributed by atoms with E-state index in [-0.39, 0.29) is 8.99 Å². The molecule has 10 heavy (non-hydrogen) atoms. The second-order valence-electron chi connectivity index (χ2n) is 2.56. The van der Waals surface area contributed by atoms with Crippen LogP contribution in [0.5, 0.6) is 0 Å². The highest BCUT2D eigenvalue weighted by molar-refractivity contribution is 6.77. The van der Waals surface area contributed by atoms with Crippen molar-refractivity contribution in [2.24, 2.45) is 0 Å². The Balaban J connectivity index is 4.06. The van der Waals surface area contributed by atoms with Crippen molar-refractivity contribution in [2.45, 2.75) is 18.3 Å². The summed E-state index contributed by atoms with van der Waals surface area (Å²) in [5.41, 5.74) is 0. The molecule has 0 aromatic heterocycles. The summed E-state index contributed by atoms with van der Waals surface area (Å²) in [6.45, 7) is 3.81. The van der Waals surface area contributed by atoms with Crippen molar-refractivity contribution in [2.75, 3.05) is 0 Å². The average Bonchev–Trinajstić information content (AvgIpc) is 1.60. The van der Waals surface area contributed by atoms with Crippen LogP contribution in [0, 0.1) is 0 Å². The van der Waals surface area contributed by atoms with Crippen molar-refractivity contribution in [1.29, 1.82) is 0 Å². The van der Waals surface area contributed by atoms with Gasteiger partial charge in [-0.05, 0) is 13.8 Å². The SMILES string of the molecule is CC(C)(Cl)[SiH2]C(Cl)=C(Cl)Cl. The average molecular weight is 238 g/mol. The first-order chi connectivity index (χ1) is 4.33. The van der Waals surface area contributed by atoms with Crippen molar-refractivity contribution >= 4 is 55.9 Å². The molecule has 0 nitrogen and oxygen atoms in total. The van der Waals surface area contributed by atoms with Gasteiger partial charge in [0.15, 0.2) is 0 Å². The van der Waals surface area contributed by atoms with Crippen molar-refractivity contribution in [1.82, 2.24) is 0 Å². The Hall–Kier alpha value is 1.12. The zero-order valence-electron chi connectivity index (χ0n) is 5.72. The van der Waals surface area contributed by atoms with Gasteiger partial charge in [-0.25, -0.2) is 0 Å². The van der Waals surface area contributed by atoms with Gasteiger partial charge < -0.3 is 0 Å². The van der Waals surface area contributed by atoms with E-state index in [1.165, 1.54) is 0 Å². The van der Waals surface area contributed by atoms with Crippen LogP contribution in [0.1, 0.15) is 13.8 Å². The molecule has 0 aromatic carbocycles. The molecular formula is C5H8Cl4Si. The Bertz CT molecular complexity index is 142. The fourth-order valence-corrected chi connectivity index (χ4v) is 3.32. The first-order valence-electron chi connectivity index (χ1n) is 2.71. The molecule has 0 heterocycles. The molecule has 0 amide bonds. The monoisotopic (exact) mass is 236 g/mol. The summed E-state index contributed by atoms with van der Waals surface area (Å²) in [6.07, 6.45) is 0. The molecule has 5 heteroatoms. The van der Waals surface area contributed by atoms with Gasteiger partial charge in [-0.15, -0.1) is 11.6 Å². The lowest BCUT2D eigenvalue weighted by atomic mass is 10.5. The van der Waals surface area contributed by atoms with Crippen LogP contribution >= 0.6 is 46.4 Å². The van der Waals surface area contributed by atoms with Crippen LogP contribution in [0.2, 0.25) is 0 Å². The fraction of sp³-hybridized carbons (Fsp3) is 0.600. The van der Waals surface area contributed by atoms with Crippen LogP contribution in [-0.4, -0.2) is 14.0 Å². The van der Waals surface area contributed by atoms with E-state index < -0.39 is 9.52 Å². The Labute approximate surface area is 83.3 Å². The van der Waals surface area contributed by atoms with Gasteiger partial charge in [-0.2, -0.15) is 0 Å². The molecule has 0 N–H and O–H groups in total. The molecule has 0 aromatic rings. The maximum absolute atomic E-state index is 5.90. The van der Waals surface area contributed by atoms with E-state index in [9.17, 15) is 0 Å². The quantitative estimate of drug-likeness (QED) is 0.512. The molecule has 0 saturated heterocycles. The van der Waals surface area contributed by atoms with E-state index in [0.717, 1.165) is 0 Å². The molecular weight excluding hydrogens is 230 g/mol. The smallest absolute Gasteiger partial charge is 0.116 e. The van der Waals surface area contributed by atoms with E-state index in [1.54, 1.807) is 0 Å². The van der Waals surface area contributed by atoms with Gasteiger partial charge in [0.1, 0.15) is 4.49 Å². The molecule has 0 fully saturated rings. The molecule has 60 valence electrons. The number of alkyl halides is 1. The third-order valence-electron chi connectivity index (χ3n) is 0.781. The third kappa shape index (κ3) is 5.87. The Morgan fingerprint density at radius 3 is 1.70 bits per heavy atom. The number of rotatable bonds is 2. The summed E-state index contributed by atoms with van der Waals surface area (Å²) >= 11 is 22.4.